The van der Waals surface area contributed by atoms with Crippen molar-refractivity contribution in [2.24, 2.45) is 0 Å². The van der Waals surface area contributed by atoms with E-state index in [1.165, 1.54) is 0 Å². The summed E-state index contributed by atoms with van der Waals surface area (Å²) in [5.74, 6) is 0.0376. The van der Waals surface area contributed by atoms with Crippen molar-refractivity contribution in [1.29, 1.82) is 0 Å². The van der Waals surface area contributed by atoms with Crippen LogP contribution in [0.25, 0.3) is 0 Å². The molecule has 0 spiro atoms. The van der Waals surface area contributed by atoms with Crippen LogP contribution >= 0.6 is 0 Å². The first-order valence-electron chi connectivity index (χ1n) is 7.63. The maximum atomic E-state index is 12.9. The number of rotatable bonds is 4. The van der Waals surface area contributed by atoms with Crippen LogP contribution in [0.15, 0.2) is 48.8 Å². The lowest BCUT2D eigenvalue weighted by atomic mass is 10.1. The molecule has 0 unspecified atom stereocenters. The van der Waals surface area contributed by atoms with Crippen molar-refractivity contribution < 1.29 is 9.53 Å². The quantitative estimate of drug-likeness (QED) is 0.870. The third-order valence-electron chi connectivity index (χ3n) is 3.94. The van der Waals surface area contributed by atoms with Crippen molar-refractivity contribution in [3.63, 3.8) is 0 Å². The number of aromatic nitrogens is 1. The molecule has 114 valence electrons. The fourth-order valence-corrected chi connectivity index (χ4v) is 2.77. The largest absolute Gasteiger partial charge is 0.368 e. The van der Waals surface area contributed by atoms with Gasteiger partial charge in [0, 0.05) is 24.7 Å². The number of hydrogen-bond donors (Lipinski definition) is 0. The number of benzene rings is 1. The van der Waals surface area contributed by atoms with Gasteiger partial charge in [-0.05, 0) is 43.0 Å². The Morgan fingerprint density at radius 3 is 2.86 bits per heavy atom. The molecule has 0 N–H and O–H groups in total. The van der Waals surface area contributed by atoms with Crippen molar-refractivity contribution in [1.82, 2.24) is 4.98 Å². The van der Waals surface area contributed by atoms with Gasteiger partial charge in [-0.15, -0.1) is 0 Å². The molecule has 4 heteroatoms. The van der Waals surface area contributed by atoms with E-state index in [0.717, 1.165) is 29.7 Å². The van der Waals surface area contributed by atoms with Gasteiger partial charge < -0.3 is 9.64 Å². The highest BCUT2D eigenvalue weighted by atomic mass is 16.5. The summed E-state index contributed by atoms with van der Waals surface area (Å²) in [5.41, 5.74) is 3.03. The molecule has 22 heavy (non-hydrogen) atoms. The first kappa shape index (κ1) is 14.7. The molecule has 1 amide bonds. The first-order chi connectivity index (χ1) is 10.8. The molecule has 0 bridgehead atoms. The van der Waals surface area contributed by atoms with Crippen molar-refractivity contribution >= 4 is 11.6 Å². The highest BCUT2D eigenvalue weighted by Gasteiger charge is 2.29. The topological polar surface area (TPSA) is 42.4 Å². The molecule has 1 fully saturated rings. The second-order valence-corrected chi connectivity index (χ2v) is 5.57. The summed E-state index contributed by atoms with van der Waals surface area (Å²) in [4.78, 5) is 18.8. The van der Waals surface area contributed by atoms with Crippen LogP contribution in [-0.4, -0.2) is 23.6 Å². The van der Waals surface area contributed by atoms with Crippen LogP contribution in [0.2, 0.25) is 0 Å². The molecule has 1 atom stereocenters. The number of nitrogens with zero attached hydrogens (tertiary/aromatic N) is 2. The van der Waals surface area contributed by atoms with Crippen LogP contribution < -0.4 is 4.90 Å². The number of carbonyl (C=O) groups excluding carboxylic acids is 1. The van der Waals surface area contributed by atoms with E-state index in [1.807, 2.05) is 48.2 Å². The summed E-state index contributed by atoms with van der Waals surface area (Å²) in [5, 5.41) is 0. The number of ether oxygens (including phenoxy) is 1. The summed E-state index contributed by atoms with van der Waals surface area (Å²) >= 11 is 0. The van der Waals surface area contributed by atoms with Gasteiger partial charge >= 0.3 is 0 Å². The second-order valence-electron chi connectivity index (χ2n) is 5.57. The summed E-state index contributed by atoms with van der Waals surface area (Å²) in [6, 6.07) is 11.8. The monoisotopic (exact) mass is 296 g/mol. The second kappa shape index (κ2) is 6.71. The normalized spacial score (nSPS) is 17.4. The van der Waals surface area contributed by atoms with Crippen molar-refractivity contribution in [2.75, 3.05) is 11.5 Å². The van der Waals surface area contributed by atoms with Crippen LogP contribution in [0, 0.1) is 6.92 Å². The molecule has 1 aromatic carbocycles. The van der Waals surface area contributed by atoms with Gasteiger partial charge in [0.05, 0.1) is 6.54 Å². The summed E-state index contributed by atoms with van der Waals surface area (Å²) < 4.78 is 5.59. The standard InChI is InChI=1S/C18H20N2O2/c1-14-6-2-3-8-16(14)20(13-15-7-4-10-19-12-15)18(21)17-9-5-11-22-17/h2-4,6-8,10,12,17H,5,9,11,13H2,1H3/t17-/m0/s1. The Kier molecular flexibility index (Phi) is 4.49. The Bertz CT molecular complexity index is 637. The molecule has 1 aliphatic rings. The summed E-state index contributed by atoms with van der Waals surface area (Å²) in [6.07, 6.45) is 4.97. The van der Waals surface area contributed by atoms with E-state index in [4.69, 9.17) is 4.74 Å². The number of carbonyl (C=O) groups is 1. The first-order valence-corrected chi connectivity index (χ1v) is 7.63. The van der Waals surface area contributed by atoms with E-state index in [9.17, 15) is 4.79 Å². The minimum absolute atomic E-state index is 0.0376. The van der Waals surface area contributed by atoms with Gasteiger partial charge in [0.15, 0.2) is 0 Å². The van der Waals surface area contributed by atoms with E-state index in [0.29, 0.717) is 13.2 Å². The van der Waals surface area contributed by atoms with Gasteiger partial charge in [-0.1, -0.05) is 24.3 Å². The number of hydrogen-bond acceptors (Lipinski definition) is 3. The average molecular weight is 296 g/mol. The number of anilines is 1. The maximum absolute atomic E-state index is 12.9. The molecular weight excluding hydrogens is 276 g/mol. The molecule has 0 radical (unpaired) electrons. The number of amides is 1. The van der Waals surface area contributed by atoms with Gasteiger partial charge in [0.25, 0.3) is 5.91 Å². The molecule has 2 aromatic rings. The molecule has 0 aliphatic carbocycles. The van der Waals surface area contributed by atoms with Crippen molar-refractivity contribution in [2.45, 2.75) is 32.4 Å². The highest BCUT2D eigenvalue weighted by molar-refractivity contribution is 5.97. The third-order valence-corrected chi connectivity index (χ3v) is 3.94. The predicted octanol–water partition coefficient (Wildman–Crippen LogP) is 3.10. The number of para-hydroxylation sites is 1. The van der Waals surface area contributed by atoms with E-state index < -0.39 is 0 Å². The minimum atomic E-state index is -0.323. The maximum Gasteiger partial charge on any atom is 0.256 e. The van der Waals surface area contributed by atoms with E-state index in [-0.39, 0.29) is 12.0 Å². The summed E-state index contributed by atoms with van der Waals surface area (Å²) in [7, 11) is 0. The van der Waals surface area contributed by atoms with E-state index >= 15 is 0 Å². The lowest BCUT2D eigenvalue weighted by Gasteiger charge is -2.27. The van der Waals surface area contributed by atoms with Crippen LogP contribution in [0.1, 0.15) is 24.0 Å². The van der Waals surface area contributed by atoms with Crippen LogP contribution in [0.5, 0.6) is 0 Å². The average Bonchev–Trinajstić information content (AvgIpc) is 3.08. The van der Waals surface area contributed by atoms with E-state index in [2.05, 4.69) is 4.98 Å². The Labute approximate surface area is 130 Å². The van der Waals surface area contributed by atoms with Gasteiger partial charge in [-0.25, -0.2) is 0 Å². The fourth-order valence-electron chi connectivity index (χ4n) is 2.77. The molecule has 2 heterocycles. The van der Waals surface area contributed by atoms with Crippen LogP contribution in [0.4, 0.5) is 5.69 Å². The van der Waals surface area contributed by atoms with Gasteiger partial charge in [0.1, 0.15) is 6.10 Å². The SMILES string of the molecule is Cc1ccccc1N(Cc1cccnc1)C(=O)[C@@H]1CCCO1. The fraction of sp³-hybridized carbons (Fsp3) is 0.333. The Morgan fingerprint density at radius 2 is 2.18 bits per heavy atom. The molecule has 1 saturated heterocycles. The zero-order chi connectivity index (χ0) is 15.4. The van der Waals surface area contributed by atoms with Gasteiger partial charge in [0.2, 0.25) is 0 Å². The molecular formula is C18H20N2O2. The molecule has 4 nitrogen and oxygen atoms in total. The predicted molar refractivity (Wildman–Crippen MR) is 85.6 cm³/mol. The molecule has 1 aliphatic heterocycles. The van der Waals surface area contributed by atoms with Crippen LogP contribution in [-0.2, 0) is 16.1 Å². The van der Waals surface area contributed by atoms with Crippen molar-refractivity contribution in [3.8, 4) is 0 Å². The summed E-state index contributed by atoms with van der Waals surface area (Å²) in [6.45, 7) is 3.21. The highest BCUT2D eigenvalue weighted by Crippen LogP contribution is 2.25. The zero-order valence-electron chi connectivity index (χ0n) is 12.7. The van der Waals surface area contributed by atoms with Crippen LogP contribution in [0.3, 0.4) is 0 Å². The molecule has 0 saturated carbocycles. The molecule has 1 aromatic heterocycles. The minimum Gasteiger partial charge on any atom is -0.368 e. The van der Waals surface area contributed by atoms with Crippen molar-refractivity contribution in [3.05, 3.63) is 59.9 Å². The lowest BCUT2D eigenvalue weighted by Crippen LogP contribution is -2.39. The number of aryl methyl sites for hydroxylation is 1. The lowest BCUT2D eigenvalue weighted by molar-refractivity contribution is -0.127. The smallest absolute Gasteiger partial charge is 0.256 e. The number of pyridine rings is 1. The Morgan fingerprint density at radius 1 is 1.32 bits per heavy atom. The van der Waals surface area contributed by atoms with Gasteiger partial charge in [-0.3, -0.25) is 9.78 Å². The zero-order valence-corrected chi connectivity index (χ0v) is 12.7. The van der Waals surface area contributed by atoms with E-state index in [1.54, 1.807) is 12.4 Å². The Hall–Kier alpha value is -2.20. The molecule has 3 rings (SSSR count). The Balaban J connectivity index is 1.91. The van der Waals surface area contributed by atoms with Gasteiger partial charge in [-0.2, -0.15) is 0 Å². The third kappa shape index (κ3) is 3.17.